The van der Waals surface area contributed by atoms with Crippen LogP contribution in [0.2, 0.25) is 0 Å². The molecule has 0 radical (unpaired) electrons. The van der Waals surface area contributed by atoms with Crippen LogP contribution in [0.25, 0.3) is 0 Å². The van der Waals surface area contributed by atoms with Crippen LogP contribution in [0, 0.1) is 0 Å². The Hall–Kier alpha value is 0.650. The molecular formula is C5H11IN2. The molecule has 0 aliphatic carbocycles. The molecule has 0 unspecified atom stereocenters. The molecule has 1 fully saturated rings. The Morgan fingerprint density at radius 2 is 2.50 bits per heavy atom. The lowest BCUT2D eigenvalue weighted by Gasteiger charge is -2.26. The lowest BCUT2D eigenvalue weighted by molar-refractivity contribution is 0.284. The van der Waals surface area contributed by atoms with Crippen molar-refractivity contribution in [3.05, 3.63) is 0 Å². The zero-order valence-corrected chi connectivity index (χ0v) is 7.18. The van der Waals surface area contributed by atoms with E-state index in [2.05, 4.69) is 39.9 Å². The molecule has 0 amide bonds. The summed E-state index contributed by atoms with van der Waals surface area (Å²) in [7, 11) is 2.16. The summed E-state index contributed by atoms with van der Waals surface area (Å²) in [6.45, 7) is 3.52. The summed E-state index contributed by atoms with van der Waals surface area (Å²) in [6.07, 6.45) is 0. The Bertz CT molecular complexity index is 68.8. The van der Waals surface area contributed by atoms with Gasteiger partial charge in [-0.25, -0.2) is 0 Å². The van der Waals surface area contributed by atoms with Gasteiger partial charge in [-0.1, -0.05) is 22.6 Å². The lowest BCUT2D eigenvalue weighted by atomic mass is 10.4. The van der Waals surface area contributed by atoms with Crippen LogP contribution in [-0.4, -0.2) is 35.6 Å². The number of nitrogens with one attached hydrogen (secondary N) is 1. The minimum absolute atomic E-state index is 0.659. The number of hydrogen-bond donors (Lipinski definition) is 1. The third-order valence-corrected chi connectivity index (χ3v) is 2.17. The topological polar surface area (TPSA) is 15.3 Å². The van der Waals surface area contributed by atoms with Crippen molar-refractivity contribution in [1.29, 1.82) is 0 Å². The van der Waals surface area contributed by atoms with E-state index in [9.17, 15) is 0 Å². The molecule has 1 heterocycles. The van der Waals surface area contributed by atoms with Crippen molar-refractivity contribution >= 4 is 22.6 Å². The number of alkyl halides is 1. The molecule has 1 rings (SSSR count). The Kier molecular flexibility index (Phi) is 2.52. The van der Waals surface area contributed by atoms with Gasteiger partial charge in [0.25, 0.3) is 0 Å². The Balaban J connectivity index is 2.23. The molecule has 1 saturated heterocycles. The van der Waals surface area contributed by atoms with Gasteiger partial charge in [0.15, 0.2) is 0 Å². The first-order chi connectivity index (χ1) is 3.79. The largest absolute Gasteiger partial charge is 0.303 e. The number of piperazine rings is 1. The number of nitrogens with zero attached hydrogens (tertiary/aromatic N) is 1. The molecule has 0 aromatic rings. The summed E-state index contributed by atoms with van der Waals surface area (Å²) in [5.41, 5.74) is 0. The van der Waals surface area contributed by atoms with Gasteiger partial charge in [0, 0.05) is 19.6 Å². The second-order valence-electron chi connectivity index (χ2n) is 2.18. The third-order valence-electron chi connectivity index (χ3n) is 1.33. The highest BCUT2D eigenvalue weighted by atomic mass is 127. The minimum atomic E-state index is 0.659. The van der Waals surface area contributed by atoms with Crippen molar-refractivity contribution in [2.45, 2.75) is 4.05 Å². The van der Waals surface area contributed by atoms with Crippen molar-refractivity contribution in [3.63, 3.8) is 0 Å². The third kappa shape index (κ3) is 1.87. The molecule has 1 aliphatic rings. The molecule has 1 aliphatic heterocycles. The van der Waals surface area contributed by atoms with Crippen LogP contribution in [0.5, 0.6) is 0 Å². The van der Waals surface area contributed by atoms with E-state index in [1.807, 2.05) is 0 Å². The normalized spacial score (nSPS) is 33.0. The van der Waals surface area contributed by atoms with E-state index in [0.29, 0.717) is 4.05 Å². The first kappa shape index (κ1) is 6.77. The summed E-state index contributed by atoms with van der Waals surface area (Å²) < 4.78 is 0.659. The second-order valence-corrected chi connectivity index (χ2v) is 3.69. The average Bonchev–Trinajstić information content (AvgIpc) is 1.64. The minimum Gasteiger partial charge on any atom is -0.303 e. The number of hydrogen-bond acceptors (Lipinski definition) is 2. The van der Waals surface area contributed by atoms with Crippen molar-refractivity contribution in [2.75, 3.05) is 26.7 Å². The van der Waals surface area contributed by atoms with Crippen LogP contribution in [0.4, 0.5) is 0 Å². The number of halogens is 1. The molecule has 1 atom stereocenters. The zero-order chi connectivity index (χ0) is 5.98. The van der Waals surface area contributed by atoms with E-state index in [-0.39, 0.29) is 0 Å². The maximum absolute atomic E-state index is 3.36. The van der Waals surface area contributed by atoms with Crippen LogP contribution in [0.15, 0.2) is 0 Å². The van der Waals surface area contributed by atoms with E-state index < -0.39 is 0 Å². The fourth-order valence-corrected chi connectivity index (χ4v) is 1.83. The predicted molar refractivity (Wildman–Crippen MR) is 43.3 cm³/mol. The highest BCUT2D eigenvalue weighted by Crippen LogP contribution is 2.01. The van der Waals surface area contributed by atoms with E-state index in [4.69, 9.17) is 0 Å². The van der Waals surface area contributed by atoms with Gasteiger partial charge >= 0.3 is 0 Å². The van der Waals surface area contributed by atoms with Gasteiger partial charge in [-0.05, 0) is 7.05 Å². The summed E-state index contributed by atoms with van der Waals surface area (Å²) >= 11 is 2.42. The average molecular weight is 226 g/mol. The van der Waals surface area contributed by atoms with Crippen LogP contribution in [-0.2, 0) is 0 Å². The fraction of sp³-hybridized carbons (Fsp3) is 1.00. The molecule has 0 spiro atoms. The van der Waals surface area contributed by atoms with Crippen molar-refractivity contribution in [1.82, 2.24) is 10.2 Å². The van der Waals surface area contributed by atoms with Gasteiger partial charge in [0.1, 0.15) is 0 Å². The molecule has 0 aromatic carbocycles. The quantitative estimate of drug-likeness (QED) is 0.362. The van der Waals surface area contributed by atoms with Crippen molar-refractivity contribution < 1.29 is 0 Å². The molecule has 48 valence electrons. The van der Waals surface area contributed by atoms with Gasteiger partial charge < -0.3 is 10.2 Å². The van der Waals surface area contributed by atoms with Crippen molar-refractivity contribution in [3.8, 4) is 0 Å². The Morgan fingerprint density at radius 3 is 2.88 bits per heavy atom. The summed E-state index contributed by atoms with van der Waals surface area (Å²) in [5, 5.41) is 3.36. The van der Waals surface area contributed by atoms with E-state index >= 15 is 0 Å². The maximum Gasteiger partial charge on any atom is 0.0722 e. The Morgan fingerprint density at radius 1 is 1.75 bits per heavy atom. The lowest BCUT2D eigenvalue weighted by Crippen LogP contribution is -2.45. The highest BCUT2D eigenvalue weighted by molar-refractivity contribution is 14.1. The first-order valence-corrected chi connectivity index (χ1v) is 4.09. The molecule has 3 heteroatoms. The monoisotopic (exact) mass is 226 g/mol. The molecule has 0 bridgehead atoms. The van der Waals surface area contributed by atoms with E-state index in [1.165, 1.54) is 13.1 Å². The van der Waals surface area contributed by atoms with Crippen LogP contribution >= 0.6 is 22.6 Å². The number of rotatable bonds is 0. The summed E-state index contributed by atoms with van der Waals surface area (Å²) in [5.74, 6) is 0. The van der Waals surface area contributed by atoms with Crippen LogP contribution in [0.1, 0.15) is 0 Å². The second kappa shape index (κ2) is 2.98. The van der Waals surface area contributed by atoms with E-state index in [1.54, 1.807) is 0 Å². The highest BCUT2D eigenvalue weighted by Gasteiger charge is 2.11. The van der Waals surface area contributed by atoms with Crippen molar-refractivity contribution in [2.24, 2.45) is 0 Å². The fourth-order valence-electron chi connectivity index (χ4n) is 0.842. The molecular weight excluding hydrogens is 215 g/mol. The van der Waals surface area contributed by atoms with Gasteiger partial charge in [-0.3, -0.25) is 0 Å². The molecule has 1 N–H and O–H groups in total. The molecule has 2 nitrogen and oxygen atoms in total. The van der Waals surface area contributed by atoms with E-state index in [0.717, 1.165) is 6.54 Å². The smallest absolute Gasteiger partial charge is 0.0722 e. The molecule has 0 aromatic heterocycles. The molecule has 0 saturated carbocycles. The predicted octanol–water partition coefficient (Wildman–Crippen LogP) is 0.283. The summed E-state index contributed by atoms with van der Waals surface area (Å²) in [4.78, 5) is 2.34. The standard InChI is InChI=1S/C5H11IN2/c1-8-3-2-7-5(6)4-8/h5,7H,2-4H2,1H3/t5-/m1/s1. The SMILES string of the molecule is CN1CCN[C@@H](I)C1. The van der Waals surface area contributed by atoms with Crippen LogP contribution in [0.3, 0.4) is 0 Å². The van der Waals surface area contributed by atoms with Crippen LogP contribution < -0.4 is 5.32 Å². The maximum atomic E-state index is 3.36. The van der Waals surface area contributed by atoms with Gasteiger partial charge in [-0.2, -0.15) is 0 Å². The number of likely N-dealkylation sites (N-methyl/N-ethyl adjacent to an activating group) is 1. The first-order valence-electron chi connectivity index (χ1n) is 2.85. The van der Waals surface area contributed by atoms with Gasteiger partial charge in [0.05, 0.1) is 4.05 Å². The summed E-state index contributed by atoms with van der Waals surface area (Å²) in [6, 6.07) is 0. The molecule has 8 heavy (non-hydrogen) atoms. The zero-order valence-electron chi connectivity index (χ0n) is 5.02. The van der Waals surface area contributed by atoms with Gasteiger partial charge in [-0.15, -0.1) is 0 Å². The Labute approximate surface area is 63.8 Å². The van der Waals surface area contributed by atoms with Gasteiger partial charge in [0.2, 0.25) is 0 Å².